The fourth-order valence-electron chi connectivity index (χ4n) is 2.48. The van der Waals surface area contributed by atoms with Gasteiger partial charge in [0.15, 0.2) is 0 Å². The van der Waals surface area contributed by atoms with Gasteiger partial charge in [-0.3, -0.25) is 0 Å². The van der Waals surface area contributed by atoms with Crippen LogP contribution in [-0.2, 0) is 10.0 Å². The van der Waals surface area contributed by atoms with Crippen molar-refractivity contribution in [2.75, 3.05) is 19.7 Å². The molecule has 2 rings (SSSR count). The SMILES string of the molecule is CCCOc1cc(C)c(S(=O)(=O)N2CCCC2)cc1C. The molecule has 0 saturated carbocycles. The summed E-state index contributed by atoms with van der Waals surface area (Å²) in [6.07, 6.45) is 2.84. The quantitative estimate of drug-likeness (QED) is 0.839. The molecule has 0 radical (unpaired) electrons. The minimum absolute atomic E-state index is 0.417. The van der Waals surface area contributed by atoms with Crippen molar-refractivity contribution >= 4 is 10.0 Å². The topological polar surface area (TPSA) is 46.6 Å². The van der Waals surface area contributed by atoms with Gasteiger partial charge in [0.2, 0.25) is 10.0 Å². The lowest BCUT2D eigenvalue weighted by molar-refractivity contribution is 0.315. The van der Waals surface area contributed by atoms with Gasteiger partial charge in [0.25, 0.3) is 0 Å². The Morgan fingerprint density at radius 3 is 2.40 bits per heavy atom. The van der Waals surface area contributed by atoms with E-state index in [2.05, 4.69) is 0 Å². The molecule has 112 valence electrons. The molecule has 1 saturated heterocycles. The summed E-state index contributed by atoms with van der Waals surface area (Å²) >= 11 is 0. The van der Waals surface area contributed by atoms with Crippen LogP contribution >= 0.6 is 0 Å². The molecule has 4 nitrogen and oxygen atoms in total. The highest BCUT2D eigenvalue weighted by atomic mass is 32.2. The van der Waals surface area contributed by atoms with E-state index in [1.54, 1.807) is 10.4 Å². The molecule has 0 unspecified atom stereocenters. The Hall–Kier alpha value is -1.07. The van der Waals surface area contributed by atoms with Crippen molar-refractivity contribution in [3.05, 3.63) is 23.3 Å². The van der Waals surface area contributed by atoms with Crippen LogP contribution in [0.3, 0.4) is 0 Å². The molecule has 0 spiro atoms. The molecule has 20 heavy (non-hydrogen) atoms. The van der Waals surface area contributed by atoms with E-state index in [0.29, 0.717) is 24.6 Å². The summed E-state index contributed by atoms with van der Waals surface area (Å²) in [5.41, 5.74) is 1.63. The van der Waals surface area contributed by atoms with Crippen LogP contribution in [0, 0.1) is 13.8 Å². The third kappa shape index (κ3) is 2.99. The molecule has 0 aromatic heterocycles. The first-order valence-corrected chi connectivity index (χ1v) is 8.65. The molecule has 1 fully saturated rings. The number of aryl methyl sites for hydroxylation is 2. The van der Waals surface area contributed by atoms with Gasteiger partial charge < -0.3 is 4.74 Å². The van der Waals surface area contributed by atoms with Gasteiger partial charge in [0.05, 0.1) is 11.5 Å². The van der Waals surface area contributed by atoms with Crippen LogP contribution in [0.2, 0.25) is 0 Å². The molecule has 1 aliphatic heterocycles. The fourth-order valence-corrected chi connectivity index (χ4v) is 4.28. The summed E-state index contributed by atoms with van der Waals surface area (Å²) in [4.78, 5) is 0.417. The standard InChI is InChI=1S/C15H23NO3S/c1-4-9-19-14-10-13(3)15(11-12(14)2)20(17,18)16-7-5-6-8-16/h10-11H,4-9H2,1-3H3. The highest BCUT2D eigenvalue weighted by molar-refractivity contribution is 7.89. The smallest absolute Gasteiger partial charge is 0.243 e. The first kappa shape index (κ1) is 15.3. The minimum Gasteiger partial charge on any atom is -0.493 e. The summed E-state index contributed by atoms with van der Waals surface area (Å²) in [6, 6.07) is 3.59. The number of ether oxygens (including phenoxy) is 1. The van der Waals surface area contributed by atoms with Crippen molar-refractivity contribution < 1.29 is 13.2 Å². The summed E-state index contributed by atoms with van der Waals surface area (Å²) < 4.78 is 32.5. The summed E-state index contributed by atoms with van der Waals surface area (Å²) in [7, 11) is -3.35. The molecular formula is C15H23NO3S. The molecule has 0 bridgehead atoms. The summed E-state index contributed by atoms with van der Waals surface area (Å²) in [6.45, 7) is 7.70. The average molecular weight is 297 g/mol. The first-order chi connectivity index (χ1) is 9.46. The summed E-state index contributed by atoms with van der Waals surface area (Å²) in [5.74, 6) is 0.782. The predicted octanol–water partition coefficient (Wildman–Crippen LogP) is 2.88. The van der Waals surface area contributed by atoms with Crippen LogP contribution in [0.25, 0.3) is 0 Å². The van der Waals surface area contributed by atoms with Crippen LogP contribution in [0.4, 0.5) is 0 Å². The zero-order chi connectivity index (χ0) is 14.8. The van der Waals surface area contributed by atoms with Crippen LogP contribution in [-0.4, -0.2) is 32.4 Å². The molecular weight excluding hydrogens is 274 g/mol. The van der Waals surface area contributed by atoms with Gasteiger partial charge in [0.1, 0.15) is 5.75 Å². The van der Waals surface area contributed by atoms with Crippen molar-refractivity contribution in [3.63, 3.8) is 0 Å². The monoisotopic (exact) mass is 297 g/mol. The van der Waals surface area contributed by atoms with Crippen LogP contribution in [0.15, 0.2) is 17.0 Å². The van der Waals surface area contributed by atoms with E-state index in [0.717, 1.165) is 36.1 Å². The average Bonchev–Trinajstić information content (AvgIpc) is 2.93. The first-order valence-electron chi connectivity index (χ1n) is 7.21. The molecule has 1 heterocycles. The van der Waals surface area contributed by atoms with E-state index in [9.17, 15) is 8.42 Å². The van der Waals surface area contributed by atoms with Gasteiger partial charge in [-0.1, -0.05) is 6.92 Å². The Kier molecular flexibility index (Phi) is 4.70. The van der Waals surface area contributed by atoms with E-state index in [-0.39, 0.29) is 0 Å². The number of sulfonamides is 1. The normalized spacial score (nSPS) is 16.6. The number of rotatable bonds is 5. The van der Waals surface area contributed by atoms with Crippen LogP contribution in [0.1, 0.15) is 37.3 Å². The Balaban J connectivity index is 2.35. The second-order valence-corrected chi connectivity index (χ2v) is 7.25. The third-order valence-corrected chi connectivity index (χ3v) is 5.66. The molecule has 0 atom stereocenters. The largest absolute Gasteiger partial charge is 0.493 e. The van der Waals surface area contributed by atoms with E-state index in [1.807, 2.05) is 26.8 Å². The van der Waals surface area contributed by atoms with Crippen molar-refractivity contribution in [2.45, 2.75) is 44.9 Å². The molecule has 0 N–H and O–H groups in total. The van der Waals surface area contributed by atoms with E-state index in [4.69, 9.17) is 4.74 Å². The molecule has 0 amide bonds. The van der Waals surface area contributed by atoms with Crippen molar-refractivity contribution in [2.24, 2.45) is 0 Å². The van der Waals surface area contributed by atoms with Crippen molar-refractivity contribution in [1.29, 1.82) is 0 Å². The van der Waals surface area contributed by atoms with E-state index >= 15 is 0 Å². The zero-order valence-electron chi connectivity index (χ0n) is 12.5. The van der Waals surface area contributed by atoms with Gasteiger partial charge in [-0.05, 0) is 56.4 Å². The maximum Gasteiger partial charge on any atom is 0.243 e. The maximum atomic E-state index is 12.6. The minimum atomic E-state index is -3.35. The van der Waals surface area contributed by atoms with Gasteiger partial charge in [0, 0.05) is 13.1 Å². The van der Waals surface area contributed by atoms with Crippen LogP contribution < -0.4 is 4.74 Å². The van der Waals surface area contributed by atoms with E-state index < -0.39 is 10.0 Å². The predicted molar refractivity (Wildman–Crippen MR) is 79.7 cm³/mol. The highest BCUT2D eigenvalue weighted by Crippen LogP contribution is 2.29. The van der Waals surface area contributed by atoms with Gasteiger partial charge in [-0.2, -0.15) is 4.31 Å². The summed E-state index contributed by atoms with van der Waals surface area (Å²) in [5, 5.41) is 0. The molecule has 5 heteroatoms. The molecule has 1 aliphatic rings. The van der Waals surface area contributed by atoms with Crippen LogP contribution in [0.5, 0.6) is 5.75 Å². The van der Waals surface area contributed by atoms with Gasteiger partial charge in [-0.15, -0.1) is 0 Å². The second kappa shape index (κ2) is 6.14. The lowest BCUT2D eigenvalue weighted by Gasteiger charge is -2.19. The fraction of sp³-hybridized carbons (Fsp3) is 0.600. The number of benzene rings is 1. The van der Waals surface area contributed by atoms with Crippen molar-refractivity contribution in [3.8, 4) is 5.75 Å². The highest BCUT2D eigenvalue weighted by Gasteiger charge is 2.29. The number of hydrogen-bond acceptors (Lipinski definition) is 3. The zero-order valence-corrected chi connectivity index (χ0v) is 13.3. The Bertz CT molecular complexity index is 575. The van der Waals surface area contributed by atoms with Gasteiger partial charge in [-0.25, -0.2) is 8.42 Å². The Morgan fingerprint density at radius 1 is 1.15 bits per heavy atom. The number of nitrogens with zero attached hydrogens (tertiary/aromatic N) is 1. The third-order valence-electron chi connectivity index (χ3n) is 3.62. The molecule has 1 aromatic rings. The Morgan fingerprint density at radius 2 is 1.80 bits per heavy atom. The molecule has 1 aromatic carbocycles. The van der Waals surface area contributed by atoms with Gasteiger partial charge >= 0.3 is 0 Å². The lowest BCUT2D eigenvalue weighted by Crippen LogP contribution is -2.28. The van der Waals surface area contributed by atoms with E-state index in [1.165, 1.54) is 0 Å². The maximum absolute atomic E-state index is 12.6. The van der Waals surface area contributed by atoms with Crippen molar-refractivity contribution in [1.82, 2.24) is 4.31 Å². The second-order valence-electron chi connectivity index (χ2n) is 5.34. The Labute approximate surface area is 121 Å². The molecule has 0 aliphatic carbocycles. The lowest BCUT2D eigenvalue weighted by atomic mass is 10.1. The number of hydrogen-bond donors (Lipinski definition) is 0.